The van der Waals surface area contributed by atoms with Gasteiger partial charge in [0.15, 0.2) is 11.8 Å². The van der Waals surface area contributed by atoms with Crippen LogP contribution in [0, 0.1) is 11.8 Å². The van der Waals surface area contributed by atoms with Crippen LogP contribution in [-0.2, 0) is 31.6 Å². The molecule has 2 rings (SSSR count). The van der Waals surface area contributed by atoms with Crippen molar-refractivity contribution >= 4 is 23.5 Å². The molecule has 1 aliphatic heterocycles. The molecule has 0 amide bonds. The van der Waals surface area contributed by atoms with Crippen LogP contribution in [0.1, 0.15) is 13.2 Å². The number of aliphatic hydroxyl groups excluding tert-OH is 1. The topological polar surface area (TPSA) is 277 Å². The molecular formula is C12H17FN3O15P3. The van der Waals surface area contributed by atoms with E-state index < -0.39 is 71.7 Å². The maximum Gasteiger partial charge on any atom is 0.490 e. The second-order valence-corrected chi connectivity index (χ2v) is 10.8. The number of hydrogen-bond donors (Lipinski definition) is 7. The first kappa shape index (κ1) is 28.6. The Morgan fingerprint density at radius 3 is 2.41 bits per heavy atom. The standard InChI is InChI=1S/C12H17FN3O15P3/c1-6(29-33(24,25)31-34(26,27)30-32(21,22)23)7-8(17)12(20,3-2-4-13)9(28-7)16-5-14-10(18)15-11(16)19/h5-9,17,20H,4H2,1H3,(H,24,25)(H,26,27)(H,15,18,19)(H2,21,22,23)/t6-,7-,8+,9-,12?/m1/s1. The van der Waals surface area contributed by atoms with Crippen LogP contribution in [0.5, 0.6) is 0 Å². The van der Waals surface area contributed by atoms with E-state index in [-0.39, 0.29) is 0 Å². The third kappa shape index (κ3) is 6.97. The molecule has 1 aromatic heterocycles. The van der Waals surface area contributed by atoms with Crippen molar-refractivity contribution in [2.75, 3.05) is 6.67 Å². The zero-order valence-corrected chi connectivity index (χ0v) is 19.2. The lowest BCUT2D eigenvalue weighted by atomic mass is 9.93. The van der Waals surface area contributed by atoms with E-state index in [1.54, 1.807) is 4.98 Å². The maximum absolute atomic E-state index is 12.6. The molecule has 0 bridgehead atoms. The molecule has 0 saturated carbocycles. The largest absolute Gasteiger partial charge is 0.490 e. The number of phosphoric acid groups is 3. The van der Waals surface area contributed by atoms with E-state index in [1.807, 2.05) is 11.8 Å². The number of rotatable bonds is 8. The first-order valence-electron chi connectivity index (χ1n) is 8.52. The summed E-state index contributed by atoms with van der Waals surface area (Å²) in [4.78, 5) is 64.1. The van der Waals surface area contributed by atoms with Crippen molar-refractivity contribution in [1.29, 1.82) is 0 Å². The van der Waals surface area contributed by atoms with E-state index in [9.17, 15) is 47.7 Å². The van der Waals surface area contributed by atoms with Gasteiger partial charge in [0.2, 0.25) is 0 Å². The molecule has 0 aliphatic carbocycles. The second kappa shape index (κ2) is 10.2. The molecule has 3 unspecified atom stereocenters. The van der Waals surface area contributed by atoms with Crippen LogP contribution in [0.3, 0.4) is 0 Å². The van der Waals surface area contributed by atoms with Crippen molar-refractivity contribution in [3.05, 3.63) is 27.3 Å². The number of nitrogens with zero attached hydrogens (tertiary/aromatic N) is 2. The van der Waals surface area contributed by atoms with E-state index in [1.165, 1.54) is 0 Å². The predicted octanol–water partition coefficient (Wildman–Crippen LogP) is -2.37. The van der Waals surface area contributed by atoms with Crippen molar-refractivity contribution in [2.45, 2.75) is 37.1 Å². The Hall–Kier alpha value is -1.61. The number of aromatic nitrogens is 3. The second-order valence-electron chi connectivity index (χ2n) is 6.45. The Kier molecular flexibility index (Phi) is 8.56. The number of aromatic amines is 1. The van der Waals surface area contributed by atoms with Gasteiger partial charge in [-0.1, -0.05) is 11.8 Å². The highest BCUT2D eigenvalue weighted by Gasteiger charge is 2.58. The van der Waals surface area contributed by atoms with Gasteiger partial charge in [-0.3, -0.25) is 14.1 Å². The van der Waals surface area contributed by atoms with E-state index in [4.69, 9.17) is 14.5 Å². The molecular weight excluding hydrogens is 538 g/mol. The Bertz CT molecular complexity index is 1230. The molecule has 192 valence electrons. The summed E-state index contributed by atoms with van der Waals surface area (Å²) < 4.78 is 64.1. The quantitative estimate of drug-likeness (QED) is 0.130. The summed E-state index contributed by atoms with van der Waals surface area (Å²) >= 11 is 0. The molecule has 0 aromatic carbocycles. The Morgan fingerprint density at radius 1 is 1.26 bits per heavy atom. The molecule has 7 N–H and O–H groups in total. The van der Waals surface area contributed by atoms with Gasteiger partial charge in [0.05, 0.1) is 6.10 Å². The molecule has 7 atom stereocenters. The smallest absolute Gasteiger partial charge is 0.386 e. The molecule has 2 heterocycles. The molecule has 0 radical (unpaired) electrons. The number of aliphatic hydroxyl groups is 2. The van der Waals surface area contributed by atoms with Gasteiger partial charge in [0, 0.05) is 0 Å². The van der Waals surface area contributed by atoms with E-state index in [0.29, 0.717) is 10.9 Å². The van der Waals surface area contributed by atoms with Crippen LogP contribution >= 0.6 is 23.5 Å². The molecule has 34 heavy (non-hydrogen) atoms. The van der Waals surface area contributed by atoms with Crippen LogP contribution in [0.4, 0.5) is 4.39 Å². The fourth-order valence-corrected chi connectivity index (χ4v) is 5.97. The number of phosphoric ester groups is 1. The predicted molar refractivity (Wildman–Crippen MR) is 102 cm³/mol. The highest BCUT2D eigenvalue weighted by atomic mass is 31.3. The molecule has 1 fully saturated rings. The summed E-state index contributed by atoms with van der Waals surface area (Å²) in [5.41, 5.74) is -5.08. The minimum Gasteiger partial charge on any atom is -0.386 e. The van der Waals surface area contributed by atoms with E-state index in [2.05, 4.69) is 18.1 Å². The summed E-state index contributed by atoms with van der Waals surface area (Å²) in [6.45, 7) is -0.409. The van der Waals surface area contributed by atoms with Crippen LogP contribution in [0.2, 0.25) is 0 Å². The summed E-state index contributed by atoms with van der Waals surface area (Å²) in [5.74, 6) is 3.73. The molecule has 1 aliphatic rings. The number of halogens is 1. The number of alkyl halides is 1. The minimum atomic E-state index is -5.86. The monoisotopic (exact) mass is 555 g/mol. The number of hydrogen-bond acceptors (Lipinski definition) is 12. The summed E-state index contributed by atoms with van der Waals surface area (Å²) in [7, 11) is -17.2. The SMILES string of the molecule is C[C@@H](OP(=O)(O)OP(=O)(O)OP(=O)(O)O)[C@H]1O[C@@H](n2cnc(=O)[nH]c2=O)C(O)(C#CCF)[C@H]1O. The van der Waals surface area contributed by atoms with Crippen molar-refractivity contribution < 1.29 is 65.8 Å². The van der Waals surface area contributed by atoms with Gasteiger partial charge in [-0.2, -0.15) is 13.6 Å². The minimum absolute atomic E-state index is 0.453. The average molecular weight is 555 g/mol. The Morgan fingerprint density at radius 2 is 1.88 bits per heavy atom. The van der Waals surface area contributed by atoms with Gasteiger partial charge < -0.3 is 34.5 Å². The van der Waals surface area contributed by atoms with Gasteiger partial charge in [-0.15, -0.1) is 0 Å². The number of ether oxygens (including phenoxy) is 1. The van der Waals surface area contributed by atoms with Crippen molar-refractivity contribution in [2.24, 2.45) is 0 Å². The fraction of sp³-hybridized carbons (Fsp3) is 0.583. The highest BCUT2D eigenvalue weighted by molar-refractivity contribution is 7.66. The first-order valence-corrected chi connectivity index (χ1v) is 13.0. The maximum atomic E-state index is 12.6. The molecule has 1 aromatic rings. The molecule has 1 saturated heterocycles. The highest BCUT2D eigenvalue weighted by Crippen LogP contribution is 2.66. The fourth-order valence-electron chi connectivity index (χ4n) is 2.77. The van der Waals surface area contributed by atoms with Gasteiger partial charge in [-0.05, 0) is 6.92 Å². The Balaban J connectivity index is 2.35. The zero-order valence-electron chi connectivity index (χ0n) is 16.6. The van der Waals surface area contributed by atoms with Gasteiger partial charge in [0.25, 0.3) is 0 Å². The van der Waals surface area contributed by atoms with Gasteiger partial charge in [0.1, 0.15) is 25.2 Å². The Labute approximate surface area is 187 Å². The first-order chi connectivity index (χ1) is 15.4. The van der Waals surface area contributed by atoms with Crippen LogP contribution in [-0.4, -0.2) is 74.9 Å². The van der Waals surface area contributed by atoms with Crippen molar-refractivity contribution in [1.82, 2.24) is 14.5 Å². The summed E-state index contributed by atoms with van der Waals surface area (Å²) in [5, 5.41) is 21.4. The summed E-state index contributed by atoms with van der Waals surface area (Å²) in [6.07, 6.45) is -7.34. The summed E-state index contributed by atoms with van der Waals surface area (Å²) in [6, 6.07) is 0. The zero-order chi connectivity index (χ0) is 26.1. The van der Waals surface area contributed by atoms with Crippen LogP contribution in [0.15, 0.2) is 15.9 Å². The van der Waals surface area contributed by atoms with Crippen LogP contribution in [0.25, 0.3) is 0 Å². The molecule has 0 spiro atoms. The van der Waals surface area contributed by atoms with Crippen molar-refractivity contribution in [3.63, 3.8) is 0 Å². The van der Waals surface area contributed by atoms with Gasteiger partial charge in [-0.25, -0.2) is 27.7 Å². The lowest BCUT2D eigenvalue weighted by Crippen LogP contribution is -2.49. The third-order valence-electron chi connectivity index (χ3n) is 3.96. The van der Waals surface area contributed by atoms with Crippen molar-refractivity contribution in [3.8, 4) is 11.8 Å². The molecule has 22 heteroatoms. The number of H-pyrrole nitrogens is 1. The molecule has 18 nitrogen and oxygen atoms in total. The normalized spacial score (nSPS) is 29.5. The lowest BCUT2D eigenvalue weighted by molar-refractivity contribution is -0.0874. The number of nitrogens with one attached hydrogen (secondary N) is 1. The van der Waals surface area contributed by atoms with E-state index >= 15 is 0 Å². The van der Waals surface area contributed by atoms with E-state index in [0.717, 1.165) is 6.92 Å². The lowest BCUT2D eigenvalue weighted by Gasteiger charge is -2.27. The third-order valence-corrected chi connectivity index (χ3v) is 7.88. The average Bonchev–Trinajstić information content (AvgIpc) is 2.88. The van der Waals surface area contributed by atoms with Crippen LogP contribution < -0.4 is 11.4 Å². The van der Waals surface area contributed by atoms with Gasteiger partial charge >= 0.3 is 34.8 Å².